The highest BCUT2D eigenvalue weighted by molar-refractivity contribution is 7.89. The van der Waals surface area contributed by atoms with Crippen LogP contribution >= 0.6 is 0 Å². The number of rotatable bonds is 6. The molecule has 1 aliphatic heterocycles. The quantitative estimate of drug-likeness (QED) is 0.601. The number of aryl methyl sites for hydroxylation is 1. The van der Waals surface area contributed by atoms with Crippen LogP contribution in [-0.2, 0) is 16.4 Å². The molecule has 29 heavy (non-hydrogen) atoms. The summed E-state index contributed by atoms with van der Waals surface area (Å²) >= 11 is 0. The van der Waals surface area contributed by atoms with E-state index in [1.165, 1.54) is 16.6 Å². The zero-order valence-electron chi connectivity index (χ0n) is 16.2. The van der Waals surface area contributed by atoms with Gasteiger partial charge in [-0.3, -0.25) is 0 Å². The van der Waals surface area contributed by atoms with E-state index in [1.54, 1.807) is 7.11 Å². The Labute approximate surface area is 168 Å². The van der Waals surface area contributed by atoms with Gasteiger partial charge in [0.15, 0.2) is 0 Å². The fourth-order valence-electron chi connectivity index (χ4n) is 3.26. The lowest BCUT2D eigenvalue weighted by Crippen LogP contribution is -2.48. The molecule has 0 atom stereocenters. The predicted octanol–water partition coefficient (Wildman–Crippen LogP) is 2.41. The number of benzene rings is 1. The van der Waals surface area contributed by atoms with E-state index in [0.29, 0.717) is 44.1 Å². The number of furan rings is 1. The number of nitrogens with zero attached hydrogens (tertiary/aromatic N) is 4. The second-order valence-corrected chi connectivity index (χ2v) is 8.44. The second-order valence-electron chi connectivity index (χ2n) is 6.57. The van der Waals surface area contributed by atoms with Gasteiger partial charge in [-0.15, -0.1) is 10.2 Å². The molecule has 0 N–H and O–H groups in total. The van der Waals surface area contributed by atoms with Crippen LogP contribution in [0.5, 0.6) is 5.75 Å². The highest BCUT2D eigenvalue weighted by Crippen LogP contribution is 2.30. The van der Waals surface area contributed by atoms with E-state index >= 15 is 0 Å². The first-order valence-corrected chi connectivity index (χ1v) is 10.8. The SMILES string of the molecule is CCc1nnc(-c2coc(S(=O)(=O)N3CCN(c4ccccc4OC)CC3)c2)o1. The molecule has 1 fully saturated rings. The van der Waals surface area contributed by atoms with Crippen LogP contribution in [-0.4, -0.2) is 56.2 Å². The number of aromatic nitrogens is 2. The molecule has 3 aromatic rings. The molecule has 3 heterocycles. The molecule has 1 aliphatic rings. The van der Waals surface area contributed by atoms with E-state index in [-0.39, 0.29) is 11.0 Å². The van der Waals surface area contributed by atoms with Gasteiger partial charge in [0, 0.05) is 38.7 Å². The molecule has 154 valence electrons. The van der Waals surface area contributed by atoms with Gasteiger partial charge in [0.05, 0.1) is 18.4 Å². The van der Waals surface area contributed by atoms with Crippen LogP contribution in [0.25, 0.3) is 11.5 Å². The second kappa shape index (κ2) is 7.88. The molecule has 2 aromatic heterocycles. The van der Waals surface area contributed by atoms with Crippen molar-refractivity contribution in [3.8, 4) is 17.2 Å². The molecule has 0 saturated carbocycles. The zero-order chi connectivity index (χ0) is 20.4. The zero-order valence-corrected chi connectivity index (χ0v) is 17.1. The minimum atomic E-state index is -3.75. The van der Waals surface area contributed by atoms with E-state index in [2.05, 4.69) is 15.1 Å². The van der Waals surface area contributed by atoms with Crippen LogP contribution in [0.15, 0.2) is 50.5 Å². The first kappa shape index (κ1) is 19.5. The van der Waals surface area contributed by atoms with Gasteiger partial charge in [-0.05, 0) is 12.1 Å². The standard InChI is InChI=1S/C19H22N4O5S/c1-3-17-20-21-19(28-17)14-12-18(27-13-14)29(24,25)23-10-8-22(9-11-23)15-6-4-5-7-16(15)26-2/h4-7,12-13H,3,8-11H2,1-2H3. The smallest absolute Gasteiger partial charge is 0.276 e. The van der Waals surface area contributed by atoms with E-state index in [0.717, 1.165) is 11.4 Å². The minimum Gasteiger partial charge on any atom is -0.495 e. The molecular weight excluding hydrogens is 396 g/mol. The van der Waals surface area contributed by atoms with Crippen LogP contribution in [0, 0.1) is 0 Å². The Balaban J connectivity index is 1.48. The van der Waals surface area contributed by atoms with E-state index < -0.39 is 10.0 Å². The van der Waals surface area contributed by atoms with E-state index in [9.17, 15) is 8.42 Å². The molecule has 0 radical (unpaired) electrons. The molecule has 0 unspecified atom stereocenters. The van der Waals surface area contributed by atoms with Crippen LogP contribution in [0.4, 0.5) is 5.69 Å². The molecule has 0 bridgehead atoms. The number of piperazine rings is 1. The Bertz CT molecular complexity index is 1080. The summed E-state index contributed by atoms with van der Waals surface area (Å²) < 4.78 is 43.6. The van der Waals surface area contributed by atoms with Crippen molar-refractivity contribution >= 4 is 15.7 Å². The third-order valence-corrected chi connectivity index (χ3v) is 6.62. The van der Waals surface area contributed by atoms with Crippen molar-refractivity contribution in [2.24, 2.45) is 0 Å². The minimum absolute atomic E-state index is 0.130. The molecular formula is C19H22N4O5S. The maximum absolute atomic E-state index is 13.0. The lowest BCUT2D eigenvalue weighted by Gasteiger charge is -2.35. The van der Waals surface area contributed by atoms with Gasteiger partial charge in [-0.2, -0.15) is 4.31 Å². The summed E-state index contributed by atoms with van der Waals surface area (Å²) in [5.41, 5.74) is 1.40. The predicted molar refractivity (Wildman–Crippen MR) is 105 cm³/mol. The number of anilines is 1. The molecule has 4 rings (SSSR count). The number of sulfonamides is 1. The van der Waals surface area contributed by atoms with Gasteiger partial charge in [-0.25, -0.2) is 8.42 Å². The maximum atomic E-state index is 13.0. The summed E-state index contributed by atoms with van der Waals surface area (Å²) in [4.78, 5) is 2.11. The number of para-hydroxylation sites is 2. The fourth-order valence-corrected chi connectivity index (χ4v) is 4.61. The lowest BCUT2D eigenvalue weighted by molar-refractivity contribution is 0.359. The van der Waals surface area contributed by atoms with E-state index in [4.69, 9.17) is 13.6 Å². The van der Waals surface area contributed by atoms with Gasteiger partial charge in [0.25, 0.3) is 15.9 Å². The van der Waals surface area contributed by atoms with Crippen LogP contribution in [0.1, 0.15) is 12.8 Å². The van der Waals surface area contributed by atoms with Crippen molar-refractivity contribution < 1.29 is 22.0 Å². The van der Waals surface area contributed by atoms with Crippen molar-refractivity contribution in [2.45, 2.75) is 18.4 Å². The average Bonchev–Trinajstić information content (AvgIpc) is 3.43. The summed E-state index contributed by atoms with van der Waals surface area (Å²) in [5, 5.41) is 7.68. The van der Waals surface area contributed by atoms with Crippen molar-refractivity contribution in [2.75, 3.05) is 38.2 Å². The highest BCUT2D eigenvalue weighted by atomic mass is 32.2. The Hall–Kier alpha value is -2.85. The van der Waals surface area contributed by atoms with E-state index in [1.807, 2.05) is 31.2 Å². The Morgan fingerprint density at radius 3 is 2.59 bits per heavy atom. The topological polar surface area (TPSA) is 102 Å². The first-order chi connectivity index (χ1) is 14.0. The highest BCUT2D eigenvalue weighted by Gasteiger charge is 2.32. The summed E-state index contributed by atoms with van der Waals surface area (Å²) in [5.74, 6) is 1.50. The Kier molecular flexibility index (Phi) is 5.29. The van der Waals surface area contributed by atoms with Gasteiger partial charge in [0.2, 0.25) is 11.0 Å². The van der Waals surface area contributed by atoms with Crippen LogP contribution in [0.2, 0.25) is 0 Å². The molecule has 0 spiro atoms. The third-order valence-electron chi connectivity index (χ3n) is 4.85. The van der Waals surface area contributed by atoms with Gasteiger partial charge in [-0.1, -0.05) is 19.1 Å². The third kappa shape index (κ3) is 3.73. The van der Waals surface area contributed by atoms with Crippen LogP contribution in [0.3, 0.4) is 0 Å². The largest absolute Gasteiger partial charge is 0.495 e. The van der Waals surface area contributed by atoms with Crippen molar-refractivity contribution in [3.63, 3.8) is 0 Å². The molecule has 0 amide bonds. The molecule has 10 heteroatoms. The molecule has 9 nitrogen and oxygen atoms in total. The van der Waals surface area contributed by atoms with Gasteiger partial charge < -0.3 is 18.5 Å². The lowest BCUT2D eigenvalue weighted by atomic mass is 10.2. The summed E-state index contributed by atoms with van der Waals surface area (Å²) in [6.07, 6.45) is 1.93. The maximum Gasteiger partial charge on any atom is 0.276 e. The van der Waals surface area contributed by atoms with Gasteiger partial charge in [0.1, 0.15) is 12.0 Å². The number of methoxy groups -OCH3 is 1. The number of hydrogen-bond donors (Lipinski definition) is 0. The Morgan fingerprint density at radius 1 is 1.14 bits per heavy atom. The van der Waals surface area contributed by atoms with Crippen molar-refractivity contribution in [3.05, 3.63) is 42.5 Å². The first-order valence-electron chi connectivity index (χ1n) is 9.32. The number of ether oxygens (including phenoxy) is 1. The monoisotopic (exact) mass is 418 g/mol. The van der Waals surface area contributed by atoms with Gasteiger partial charge >= 0.3 is 0 Å². The fraction of sp³-hybridized carbons (Fsp3) is 0.368. The number of hydrogen-bond acceptors (Lipinski definition) is 8. The van der Waals surface area contributed by atoms with Crippen LogP contribution < -0.4 is 9.64 Å². The molecule has 0 aliphatic carbocycles. The molecule has 1 saturated heterocycles. The van der Waals surface area contributed by atoms with Crippen molar-refractivity contribution in [1.29, 1.82) is 0 Å². The molecule has 1 aromatic carbocycles. The summed E-state index contributed by atoms with van der Waals surface area (Å²) in [6.45, 7) is 3.69. The summed E-state index contributed by atoms with van der Waals surface area (Å²) in [6, 6.07) is 9.13. The normalized spacial score (nSPS) is 15.6. The average molecular weight is 418 g/mol. The van der Waals surface area contributed by atoms with Crippen molar-refractivity contribution in [1.82, 2.24) is 14.5 Å². The Morgan fingerprint density at radius 2 is 1.90 bits per heavy atom. The summed E-state index contributed by atoms with van der Waals surface area (Å²) in [7, 11) is -2.12.